The van der Waals surface area contributed by atoms with Crippen LogP contribution >= 0.6 is 0 Å². The van der Waals surface area contributed by atoms with Crippen molar-refractivity contribution in [3.05, 3.63) is 24.3 Å². The van der Waals surface area contributed by atoms with Gasteiger partial charge in [-0.3, -0.25) is 9.69 Å². The van der Waals surface area contributed by atoms with Gasteiger partial charge in [0.05, 0.1) is 0 Å². The number of hydrogen-bond acceptors (Lipinski definition) is 4. The van der Waals surface area contributed by atoms with E-state index in [0.29, 0.717) is 13.0 Å². The Kier molecular flexibility index (Phi) is 7.26. The smallest absolute Gasteiger partial charge is 0.256 e. The average Bonchev–Trinajstić information content (AvgIpc) is 2.62. The fourth-order valence-corrected chi connectivity index (χ4v) is 3.08. The molecule has 1 aromatic carbocycles. The number of amides is 1. The van der Waals surface area contributed by atoms with Crippen molar-refractivity contribution in [1.82, 2.24) is 4.90 Å². The van der Waals surface area contributed by atoms with E-state index in [-0.39, 0.29) is 5.91 Å². The molecule has 0 saturated carbocycles. The number of carbonyl (C=O) groups excluding carboxylic acids is 1. The van der Waals surface area contributed by atoms with Crippen molar-refractivity contribution in [3.8, 4) is 5.75 Å². The highest BCUT2D eigenvalue weighted by atomic mass is 16.5. The highest BCUT2D eigenvalue weighted by Crippen LogP contribution is 2.20. The molecule has 1 saturated heterocycles. The van der Waals surface area contributed by atoms with E-state index in [4.69, 9.17) is 9.47 Å². The molecule has 140 valence electrons. The molecule has 2 atom stereocenters. The Morgan fingerprint density at radius 2 is 2.08 bits per heavy atom. The molecule has 0 spiro atoms. The van der Waals surface area contributed by atoms with Crippen LogP contribution in [0.4, 0.5) is 5.69 Å². The Balaban J connectivity index is 1.78. The van der Waals surface area contributed by atoms with E-state index < -0.39 is 5.60 Å². The molecule has 5 nitrogen and oxygen atoms in total. The number of nitrogens with zero attached hydrogens (tertiary/aromatic N) is 1. The Hall–Kier alpha value is -1.59. The topological polar surface area (TPSA) is 50.8 Å². The van der Waals surface area contributed by atoms with Gasteiger partial charge in [0.2, 0.25) is 0 Å². The lowest BCUT2D eigenvalue weighted by atomic mass is 10.0. The zero-order valence-electron chi connectivity index (χ0n) is 16.0. The van der Waals surface area contributed by atoms with Crippen LogP contribution in [0.3, 0.4) is 0 Å². The molecule has 0 aliphatic carbocycles. The minimum absolute atomic E-state index is 0.134. The Bertz CT molecular complexity index is 540. The third-order valence-electron chi connectivity index (χ3n) is 5.14. The van der Waals surface area contributed by atoms with E-state index in [1.54, 1.807) is 14.0 Å². The molecule has 0 radical (unpaired) electrons. The van der Waals surface area contributed by atoms with Crippen molar-refractivity contribution in [3.63, 3.8) is 0 Å². The van der Waals surface area contributed by atoms with Crippen LogP contribution in [0.2, 0.25) is 0 Å². The molecule has 5 heteroatoms. The van der Waals surface area contributed by atoms with Gasteiger partial charge in [0, 0.05) is 25.9 Å². The summed E-state index contributed by atoms with van der Waals surface area (Å²) in [7, 11) is 1.56. The monoisotopic (exact) mass is 348 g/mol. The molecular formula is C20H32N2O3. The second kappa shape index (κ2) is 9.20. The summed E-state index contributed by atoms with van der Waals surface area (Å²) in [5.74, 6) is 1.48. The van der Waals surface area contributed by atoms with Gasteiger partial charge >= 0.3 is 0 Å². The number of likely N-dealkylation sites (tertiary alicyclic amines) is 1. The first kappa shape index (κ1) is 19.7. The van der Waals surface area contributed by atoms with Crippen LogP contribution in [-0.2, 0) is 9.53 Å². The van der Waals surface area contributed by atoms with Gasteiger partial charge in [-0.1, -0.05) is 13.8 Å². The molecule has 1 N–H and O–H groups in total. The minimum Gasteiger partial charge on any atom is -0.492 e. The lowest BCUT2D eigenvalue weighted by Gasteiger charge is -2.30. The van der Waals surface area contributed by atoms with Gasteiger partial charge < -0.3 is 14.8 Å². The van der Waals surface area contributed by atoms with E-state index in [2.05, 4.69) is 17.1 Å². The highest BCUT2D eigenvalue weighted by molar-refractivity contribution is 5.97. The van der Waals surface area contributed by atoms with Crippen molar-refractivity contribution in [1.29, 1.82) is 0 Å². The summed E-state index contributed by atoms with van der Waals surface area (Å²) in [6, 6.07) is 7.51. The van der Waals surface area contributed by atoms with Gasteiger partial charge in [-0.2, -0.15) is 0 Å². The fraction of sp³-hybridized carbons (Fsp3) is 0.650. The normalized spacial score (nSPS) is 20.7. The fourth-order valence-electron chi connectivity index (χ4n) is 3.08. The number of nitrogens with one attached hydrogen (secondary N) is 1. The van der Waals surface area contributed by atoms with Gasteiger partial charge in [-0.15, -0.1) is 0 Å². The second-order valence-corrected chi connectivity index (χ2v) is 7.16. The first-order valence-corrected chi connectivity index (χ1v) is 9.28. The molecule has 25 heavy (non-hydrogen) atoms. The number of benzene rings is 1. The number of ether oxygens (including phenoxy) is 2. The molecule has 0 aromatic heterocycles. The lowest BCUT2D eigenvalue weighted by molar-refractivity contribution is -0.136. The van der Waals surface area contributed by atoms with Gasteiger partial charge in [0.15, 0.2) is 0 Å². The lowest BCUT2D eigenvalue weighted by Crippen LogP contribution is -2.41. The average molecular weight is 348 g/mol. The summed E-state index contributed by atoms with van der Waals surface area (Å²) in [6.07, 6.45) is 3.24. The Morgan fingerprint density at radius 3 is 2.68 bits per heavy atom. The Labute approximate surface area is 151 Å². The van der Waals surface area contributed by atoms with Gasteiger partial charge in [0.1, 0.15) is 18.0 Å². The molecule has 1 aliphatic heterocycles. The first-order valence-electron chi connectivity index (χ1n) is 9.28. The van der Waals surface area contributed by atoms with Gasteiger partial charge in [0.25, 0.3) is 5.91 Å². The van der Waals surface area contributed by atoms with Crippen molar-refractivity contribution in [2.24, 2.45) is 5.92 Å². The maximum absolute atomic E-state index is 12.3. The summed E-state index contributed by atoms with van der Waals surface area (Å²) in [4.78, 5) is 14.8. The molecule has 1 aromatic rings. The van der Waals surface area contributed by atoms with Crippen LogP contribution in [0.25, 0.3) is 0 Å². The van der Waals surface area contributed by atoms with E-state index in [9.17, 15) is 4.79 Å². The van der Waals surface area contributed by atoms with Crippen LogP contribution in [0, 0.1) is 5.92 Å². The highest BCUT2D eigenvalue weighted by Gasteiger charge is 2.30. The molecule has 1 heterocycles. The second-order valence-electron chi connectivity index (χ2n) is 7.16. The molecule has 0 bridgehead atoms. The summed E-state index contributed by atoms with van der Waals surface area (Å²) < 4.78 is 11.2. The summed E-state index contributed by atoms with van der Waals surface area (Å²) in [5.41, 5.74) is -0.0558. The molecule has 1 aliphatic rings. The molecular weight excluding hydrogens is 316 g/mol. The SMILES string of the molecule is CC[C@@](C)(OC)C(=O)Nc1ccc(OCCN2CCC[C@@H](C)C2)cc1. The zero-order chi connectivity index (χ0) is 18.3. The number of rotatable bonds is 8. The summed E-state index contributed by atoms with van der Waals surface area (Å²) >= 11 is 0. The van der Waals surface area contributed by atoms with Crippen molar-refractivity contribution in [2.45, 2.75) is 45.6 Å². The maximum Gasteiger partial charge on any atom is 0.256 e. The van der Waals surface area contributed by atoms with Crippen molar-refractivity contribution < 1.29 is 14.3 Å². The zero-order valence-corrected chi connectivity index (χ0v) is 16.0. The number of hydrogen-bond donors (Lipinski definition) is 1. The van der Waals surface area contributed by atoms with Crippen molar-refractivity contribution in [2.75, 3.05) is 38.7 Å². The van der Waals surface area contributed by atoms with Crippen LogP contribution in [-0.4, -0.2) is 49.8 Å². The number of piperidine rings is 1. The van der Waals surface area contributed by atoms with E-state index in [0.717, 1.165) is 23.9 Å². The minimum atomic E-state index is -0.805. The van der Waals surface area contributed by atoms with Crippen LogP contribution in [0.1, 0.15) is 40.0 Å². The number of methoxy groups -OCH3 is 1. The standard InChI is InChI=1S/C20H32N2O3/c1-5-20(3,24-4)19(23)21-17-8-10-18(11-9-17)25-14-13-22-12-6-7-16(2)15-22/h8-11,16H,5-7,12-15H2,1-4H3,(H,21,23)/t16-,20-/m1/s1. The maximum atomic E-state index is 12.3. The largest absolute Gasteiger partial charge is 0.492 e. The van der Waals surface area contributed by atoms with Gasteiger partial charge in [-0.05, 0) is 62.9 Å². The molecule has 1 fully saturated rings. The van der Waals surface area contributed by atoms with E-state index in [1.807, 2.05) is 31.2 Å². The number of anilines is 1. The number of carbonyl (C=O) groups is 1. The predicted molar refractivity (Wildman–Crippen MR) is 101 cm³/mol. The first-order chi connectivity index (χ1) is 12.0. The quantitative estimate of drug-likeness (QED) is 0.780. The summed E-state index contributed by atoms with van der Waals surface area (Å²) in [6.45, 7) is 10.0. The molecule has 2 rings (SSSR count). The van der Waals surface area contributed by atoms with Crippen LogP contribution in [0.5, 0.6) is 5.75 Å². The molecule has 0 unspecified atom stereocenters. The van der Waals surface area contributed by atoms with Crippen molar-refractivity contribution >= 4 is 11.6 Å². The van der Waals surface area contributed by atoms with Crippen LogP contribution in [0.15, 0.2) is 24.3 Å². The Morgan fingerprint density at radius 1 is 1.36 bits per heavy atom. The third kappa shape index (κ3) is 5.72. The van der Waals surface area contributed by atoms with Crippen LogP contribution < -0.4 is 10.1 Å². The third-order valence-corrected chi connectivity index (χ3v) is 5.14. The predicted octanol–water partition coefficient (Wildman–Crippen LogP) is 3.55. The molecule has 1 amide bonds. The summed E-state index contributed by atoms with van der Waals surface area (Å²) in [5, 5.41) is 2.90. The van der Waals surface area contributed by atoms with E-state index >= 15 is 0 Å². The van der Waals surface area contributed by atoms with E-state index in [1.165, 1.54) is 25.9 Å². The van der Waals surface area contributed by atoms with Gasteiger partial charge in [-0.25, -0.2) is 0 Å².